The van der Waals surface area contributed by atoms with Gasteiger partial charge in [0.05, 0.1) is 22.0 Å². The van der Waals surface area contributed by atoms with E-state index in [1.807, 2.05) is 0 Å². The minimum absolute atomic E-state index is 0.312. The summed E-state index contributed by atoms with van der Waals surface area (Å²) >= 11 is 5.56. The van der Waals surface area contributed by atoms with E-state index < -0.39 is 11.7 Å². The minimum Gasteiger partial charge on any atom is -0.238 e. The number of benzene rings is 1. The van der Waals surface area contributed by atoms with Crippen LogP contribution in [0.4, 0.5) is 13.2 Å². The molecule has 0 aliphatic heterocycles. The Kier molecular flexibility index (Phi) is 3.11. The topological polar surface area (TPSA) is 17.8 Å². The second kappa shape index (κ2) is 4.31. The number of hydrogen-bond acceptors (Lipinski definition) is 1. The maximum atomic E-state index is 12.7. The molecule has 96 valence electrons. The fourth-order valence-electron chi connectivity index (χ4n) is 1.75. The lowest BCUT2D eigenvalue weighted by molar-refractivity contribution is -0.137. The van der Waals surface area contributed by atoms with Gasteiger partial charge in [0.15, 0.2) is 0 Å². The van der Waals surface area contributed by atoms with Gasteiger partial charge in [-0.1, -0.05) is 11.6 Å². The highest BCUT2D eigenvalue weighted by Gasteiger charge is 2.33. The molecule has 0 spiro atoms. The lowest BCUT2D eigenvalue weighted by Gasteiger charge is -2.11. The largest absolute Gasteiger partial charge is 0.417 e. The smallest absolute Gasteiger partial charge is 0.238 e. The van der Waals surface area contributed by atoms with Crippen LogP contribution in [0.25, 0.3) is 5.69 Å². The first kappa shape index (κ1) is 13.0. The summed E-state index contributed by atoms with van der Waals surface area (Å²) in [7, 11) is 0. The van der Waals surface area contributed by atoms with E-state index in [2.05, 4.69) is 5.10 Å². The maximum absolute atomic E-state index is 12.7. The highest BCUT2D eigenvalue weighted by molar-refractivity contribution is 6.31. The van der Waals surface area contributed by atoms with Gasteiger partial charge in [0.1, 0.15) is 0 Å². The molecule has 0 N–H and O–H groups in total. The molecule has 0 fully saturated rings. The Balaban J connectivity index is 2.57. The number of alkyl halides is 3. The number of hydrogen-bond donors (Lipinski definition) is 0. The Hall–Kier alpha value is -1.49. The van der Waals surface area contributed by atoms with Crippen LogP contribution in [0.15, 0.2) is 24.3 Å². The van der Waals surface area contributed by atoms with E-state index in [-0.39, 0.29) is 5.02 Å². The van der Waals surface area contributed by atoms with Crippen molar-refractivity contribution in [3.63, 3.8) is 0 Å². The van der Waals surface area contributed by atoms with Gasteiger partial charge in [-0.2, -0.15) is 18.3 Å². The molecule has 1 aromatic heterocycles. The van der Waals surface area contributed by atoms with Gasteiger partial charge in [0.2, 0.25) is 0 Å². The van der Waals surface area contributed by atoms with E-state index in [0.717, 1.165) is 17.5 Å². The summed E-state index contributed by atoms with van der Waals surface area (Å²) < 4.78 is 39.7. The van der Waals surface area contributed by atoms with Crippen molar-refractivity contribution in [3.8, 4) is 5.69 Å². The average molecular weight is 275 g/mol. The van der Waals surface area contributed by atoms with Crippen molar-refractivity contribution in [3.05, 3.63) is 46.2 Å². The van der Waals surface area contributed by atoms with Crippen LogP contribution < -0.4 is 0 Å². The predicted molar refractivity (Wildman–Crippen MR) is 63.1 cm³/mol. The highest BCUT2D eigenvalue weighted by atomic mass is 35.5. The van der Waals surface area contributed by atoms with Crippen LogP contribution in [-0.4, -0.2) is 9.78 Å². The van der Waals surface area contributed by atoms with Crippen LogP contribution in [0.5, 0.6) is 0 Å². The van der Waals surface area contributed by atoms with Gasteiger partial charge < -0.3 is 0 Å². The van der Waals surface area contributed by atoms with Crippen LogP contribution >= 0.6 is 11.6 Å². The maximum Gasteiger partial charge on any atom is 0.417 e. The summed E-state index contributed by atoms with van der Waals surface area (Å²) in [6.45, 7) is 3.56. The molecule has 18 heavy (non-hydrogen) atoms. The molecule has 0 unspecified atom stereocenters. The van der Waals surface area contributed by atoms with Crippen molar-refractivity contribution in [2.24, 2.45) is 0 Å². The summed E-state index contributed by atoms with van der Waals surface area (Å²) in [4.78, 5) is 0. The first-order chi connectivity index (χ1) is 8.29. The number of aryl methyl sites for hydroxylation is 2. The molecule has 2 rings (SSSR count). The molecule has 1 aromatic carbocycles. The monoisotopic (exact) mass is 274 g/mol. The first-order valence-corrected chi connectivity index (χ1v) is 5.57. The molecule has 2 aromatic rings. The summed E-state index contributed by atoms with van der Waals surface area (Å²) in [6.07, 6.45) is -4.47. The van der Waals surface area contributed by atoms with Gasteiger partial charge in [-0.25, -0.2) is 4.68 Å². The van der Waals surface area contributed by atoms with Crippen molar-refractivity contribution >= 4 is 11.6 Å². The van der Waals surface area contributed by atoms with Crippen molar-refractivity contribution in [2.75, 3.05) is 0 Å². The molecular weight excluding hydrogens is 265 g/mol. The Labute approximate surface area is 107 Å². The average Bonchev–Trinajstić information content (AvgIpc) is 2.57. The third-order valence-electron chi connectivity index (χ3n) is 2.51. The lowest BCUT2D eigenvalue weighted by Crippen LogP contribution is -2.08. The number of halogens is 4. The van der Waals surface area contributed by atoms with Crippen LogP contribution in [-0.2, 0) is 6.18 Å². The third kappa shape index (κ3) is 2.36. The van der Waals surface area contributed by atoms with Crippen LogP contribution in [0.1, 0.15) is 17.0 Å². The van der Waals surface area contributed by atoms with Gasteiger partial charge in [0, 0.05) is 5.69 Å². The van der Waals surface area contributed by atoms with Gasteiger partial charge in [-0.3, -0.25) is 0 Å². The molecule has 0 bridgehead atoms. The molecule has 6 heteroatoms. The number of aromatic nitrogens is 2. The van der Waals surface area contributed by atoms with E-state index >= 15 is 0 Å². The highest BCUT2D eigenvalue weighted by Crippen LogP contribution is 2.35. The molecule has 0 aliphatic rings. The Morgan fingerprint density at radius 1 is 1.17 bits per heavy atom. The molecule has 0 radical (unpaired) electrons. The molecule has 0 saturated carbocycles. The Morgan fingerprint density at radius 3 is 2.33 bits per heavy atom. The van der Waals surface area contributed by atoms with E-state index in [4.69, 9.17) is 11.6 Å². The Morgan fingerprint density at radius 2 is 1.83 bits per heavy atom. The lowest BCUT2D eigenvalue weighted by atomic mass is 10.2. The number of rotatable bonds is 1. The van der Waals surface area contributed by atoms with Crippen LogP contribution in [0, 0.1) is 13.8 Å². The molecule has 0 saturated heterocycles. The molecule has 0 aliphatic carbocycles. The fraction of sp³-hybridized carbons (Fsp3) is 0.250. The van der Waals surface area contributed by atoms with Gasteiger partial charge in [-0.15, -0.1) is 0 Å². The van der Waals surface area contributed by atoms with Crippen molar-refractivity contribution in [1.82, 2.24) is 9.78 Å². The normalized spacial score (nSPS) is 11.9. The molecule has 0 atom stereocenters. The van der Waals surface area contributed by atoms with Crippen LogP contribution in [0.3, 0.4) is 0 Å². The van der Waals surface area contributed by atoms with Crippen LogP contribution in [0.2, 0.25) is 5.02 Å². The second-order valence-electron chi connectivity index (χ2n) is 4.00. The Bertz CT molecular complexity index is 587. The van der Waals surface area contributed by atoms with Crippen molar-refractivity contribution in [2.45, 2.75) is 20.0 Å². The zero-order chi connectivity index (χ0) is 13.5. The number of nitrogens with zero attached hydrogens (tertiary/aromatic N) is 2. The standard InChI is InChI=1S/C12H10ClF3N2/c1-7-5-8(2)18(17-7)9-3-4-11(13)10(6-9)12(14,15)16/h3-6H,1-2H3. The minimum atomic E-state index is -4.47. The van der Waals surface area contributed by atoms with Crippen molar-refractivity contribution in [1.29, 1.82) is 0 Å². The zero-order valence-corrected chi connectivity index (χ0v) is 10.5. The summed E-state index contributed by atoms with van der Waals surface area (Å²) in [5.74, 6) is 0. The van der Waals surface area contributed by atoms with E-state index in [9.17, 15) is 13.2 Å². The summed E-state index contributed by atoms with van der Waals surface area (Å²) in [5, 5.41) is 3.83. The zero-order valence-electron chi connectivity index (χ0n) is 9.72. The molecule has 0 amide bonds. The summed E-state index contributed by atoms with van der Waals surface area (Å²) in [5.41, 5.74) is 1.01. The summed E-state index contributed by atoms with van der Waals surface area (Å²) in [6, 6.07) is 5.54. The van der Waals surface area contributed by atoms with Gasteiger partial charge in [0.25, 0.3) is 0 Å². The van der Waals surface area contributed by atoms with E-state index in [0.29, 0.717) is 5.69 Å². The van der Waals surface area contributed by atoms with E-state index in [1.165, 1.54) is 16.8 Å². The molecule has 2 nitrogen and oxygen atoms in total. The van der Waals surface area contributed by atoms with Gasteiger partial charge in [-0.05, 0) is 38.1 Å². The third-order valence-corrected chi connectivity index (χ3v) is 2.84. The van der Waals surface area contributed by atoms with Crippen molar-refractivity contribution < 1.29 is 13.2 Å². The first-order valence-electron chi connectivity index (χ1n) is 5.19. The molecular formula is C12H10ClF3N2. The quantitative estimate of drug-likeness (QED) is 0.763. The second-order valence-corrected chi connectivity index (χ2v) is 4.41. The fourth-order valence-corrected chi connectivity index (χ4v) is 1.98. The van der Waals surface area contributed by atoms with E-state index in [1.54, 1.807) is 19.9 Å². The SMILES string of the molecule is Cc1cc(C)n(-c2ccc(Cl)c(C(F)(F)F)c2)n1. The predicted octanol–water partition coefficient (Wildman–Crippen LogP) is 4.16. The molecule has 1 heterocycles. The van der Waals surface area contributed by atoms with Gasteiger partial charge >= 0.3 is 6.18 Å².